The highest BCUT2D eigenvalue weighted by molar-refractivity contribution is 6.16. The monoisotopic (exact) mass is 268 g/mol. The molecule has 0 unspecified atom stereocenters. The second-order valence-electron chi connectivity index (χ2n) is 3.96. The van der Waals surface area contributed by atoms with Gasteiger partial charge < -0.3 is 0 Å². The zero-order valence-corrected chi connectivity index (χ0v) is 10.5. The highest BCUT2D eigenvalue weighted by Crippen LogP contribution is 2.14. The highest BCUT2D eigenvalue weighted by Gasteiger charge is 2.08. The summed E-state index contributed by atoms with van der Waals surface area (Å²) in [6.07, 6.45) is 0.220. The van der Waals surface area contributed by atoms with Crippen molar-refractivity contribution in [1.82, 2.24) is 9.97 Å². The Morgan fingerprint density at radius 3 is 2.61 bits per heavy atom. The minimum absolute atomic E-state index is 0.220. The van der Waals surface area contributed by atoms with Crippen LogP contribution in [0.2, 0.25) is 0 Å². The summed E-state index contributed by atoms with van der Waals surface area (Å²) < 4.78 is 26.3. The topological polar surface area (TPSA) is 25.8 Å². The molecule has 2 aromatic rings. The molecule has 0 saturated carbocycles. The van der Waals surface area contributed by atoms with Crippen molar-refractivity contribution in [2.45, 2.75) is 19.2 Å². The quantitative estimate of drug-likeness (QED) is 0.798. The molecule has 18 heavy (non-hydrogen) atoms. The maximum atomic E-state index is 13.5. The average Bonchev–Trinajstić information content (AvgIpc) is 2.32. The van der Waals surface area contributed by atoms with E-state index in [2.05, 4.69) is 9.97 Å². The summed E-state index contributed by atoms with van der Waals surface area (Å²) in [4.78, 5) is 8.42. The number of alkyl halides is 1. The van der Waals surface area contributed by atoms with Gasteiger partial charge in [-0.25, -0.2) is 18.7 Å². The molecule has 5 heteroatoms. The van der Waals surface area contributed by atoms with Crippen molar-refractivity contribution in [2.24, 2.45) is 0 Å². The molecule has 1 heterocycles. The van der Waals surface area contributed by atoms with Crippen LogP contribution in [-0.4, -0.2) is 9.97 Å². The van der Waals surface area contributed by atoms with E-state index in [1.807, 2.05) is 6.92 Å². The lowest BCUT2D eigenvalue weighted by Crippen LogP contribution is -2.03. The van der Waals surface area contributed by atoms with Crippen LogP contribution in [0.3, 0.4) is 0 Å². The summed E-state index contributed by atoms with van der Waals surface area (Å²) in [5, 5.41) is 0. The van der Waals surface area contributed by atoms with Gasteiger partial charge in [0.25, 0.3) is 0 Å². The van der Waals surface area contributed by atoms with Gasteiger partial charge >= 0.3 is 0 Å². The fourth-order valence-corrected chi connectivity index (χ4v) is 1.82. The van der Waals surface area contributed by atoms with E-state index in [-0.39, 0.29) is 12.3 Å². The van der Waals surface area contributed by atoms with E-state index in [4.69, 9.17) is 11.6 Å². The van der Waals surface area contributed by atoms with E-state index in [1.54, 1.807) is 6.07 Å². The van der Waals surface area contributed by atoms with Gasteiger partial charge in [0.2, 0.25) is 0 Å². The minimum Gasteiger partial charge on any atom is -0.238 e. The first-order chi connectivity index (χ1) is 8.58. The third-order valence-electron chi connectivity index (χ3n) is 2.45. The Hall–Kier alpha value is -1.55. The lowest BCUT2D eigenvalue weighted by atomic mass is 10.1. The minimum atomic E-state index is -0.595. The molecule has 2 nitrogen and oxygen atoms in total. The van der Waals surface area contributed by atoms with Crippen LogP contribution >= 0.6 is 11.6 Å². The predicted octanol–water partition coefficient (Wildman–Crippen LogP) is 3.39. The number of nitrogens with zero attached hydrogens (tertiary/aromatic N) is 2. The average molecular weight is 269 g/mol. The molecule has 0 radical (unpaired) electrons. The van der Waals surface area contributed by atoms with Gasteiger partial charge in [-0.3, -0.25) is 0 Å². The Balaban J connectivity index is 2.30. The largest absolute Gasteiger partial charge is 0.238 e. The lowest BCUT2D eigenvalue weighted by molar-refractivity contribution is 0.573. The number of aromatic nitrogens is 2. The molecule has 0 fully saturated rings. The van der Waals surface area contributed by atoms with E-state index in [0.29, 0.717) is 17.1 Å². The van der Waals surface area contributed by atoms with Crippen LogP contribution in [0.1, 0.15) is 22.8 Å². The fraction of sp³-hybridized carbons (Fsp3) is 0.231. The fourth-order valence-electron chi connectivity index (χ4n) is 1.68. The normalized spacial score (nSPS) is 10.7. The zero-order chi connectivity index (χ0) is 13.1. The number of halogens is 3. The van der Waals surface area contributed by atoms with Crippen LogP contribution in [0.25, 0.3) is 0 Å². The van der Waals surface area contributed by atoms with E-state index >= 15 is 0 Å². The molecule has 0 bridgehead atoms. The van der Waals surface area contributed by atoms with Crippen LogP contribution in [-0.2, 0) is 12.3 Å². The number of aryl methyl sites for hydroxylation is 1. The van der Waals surface area contributed by atoms with Gasteiger partial charge in [-0.1, -0.05) is 6.07 Å². The molecule has 0 spiro atoms. The molecule has 1 aromatic carbocycles. The Bertz CT molecular complexity index is 573. The highest BCUT2D eigenvalue weighted by atomic mass is 35.5. The molecule has 0 saturated heterocycles. The van der Waals surface area contributed by atoms with Crippen LogP contribution < -0.4 is 0 Å². The third-order valence-corrected chi connectivity index (χ3v) is 2.73. The Morgan fingerprint density at radius 2 is 1.94 bits per heavy atom. The molecule has 94 valence electrons. The molecule has 1 aromatic heterocycles. The Labute approximate surface area is 109 Å². The first-order valence-electron chi connectivity index (χ1n) is 5.42. The smallest absolute Gasteiger partial charge is 0.133 e. The van der Waals surface area contributed by atoms with Gasteiger partial charge in [0.1, 0.15) is 17.5 Å². The molecule has 2 rings (SSSR count). The first kappa shape index (κ1) is 12.9. The maximum absolute atomic E-state index is 13.5. The maximum Gasteiger partial charge on any atom is 0.133 e. The standard InChI is InChI=1S/C13H11ClF2N2/c1-8-4-11(7-14)18-13(17-8)5-9-2-3-10(15)6-12(9)16/h2-4,6H,5,7H2,1H3. The van der Waals surface area contributed by atoms with Crippen molar-refractivity contribution in [3.8, 4) is 0 Å². The Morgan fingerprint density at radius 1 is 1.17 bits per heavy atom. The van der Waals surface area contributed by atoms with Gasteiger partial charge in [0.15, 0.2) is 0 Å². The van der Waals surface area contributed by atoms with Crippen molar-refractivity contribution in [1.29, 1.82) is 0 Å². The molecular weight excluding hydrogens is 258 g/mol. The second-order valence-corrected chi connectivity index (χ2v) is 4.23. The van der Waals surface area contributed by atoms with Crippen LogP contribution in [0.4, 0.5) is 8.78 Å². The number of rotatable bonds is 3. The lowest BCUT2D eigenvalue weighted by Gasteiger charge is -2.05. The van der Waals surface area contributed by atoms with E-state index in [1.165, 1.54) is 12.1 Å². The van der Waals surface area contributed by atoms with E-state index in [9.17, 15) is 8.78 Å². The Kier molecular flexibility index (Phi) is 3.87. The van der Waals surface area contributed by atoms with Crippen molar-refractivity contribution < 1.29 is 8.78 Å². The van der Waals surface area contributed by atoms with Crippen LogP contribution in [0.15, 0.2) is 24.3 Å². The van der Waals surface area contributed by atoms with E-state index < -0.39 is 11.6 Å². The molecular formula is C13H11ClF2N2. The van der Waals surface area contributed by atoms with Crippen LogP contribution in [0.5, 0.6) is 0 Å². The molecule has 0 atom stereocenters. The van der Waals surface area contributed by atoms with Crippen molar-refractivity contribution >= 4 is 11.6 Å². The summed E-state index contributed by atoms with van der Waals surface area (Å²) in [5.41, 5.74) is 1.84. The van der Waals surface area contributed by atoms with Gasteiger partial charge in [-0.2, -0.15) is 0 Å². The van der Waals surface area contributed by atoms with Gasteiger partial charge in [0, 0.05) is 18.2 Å². The summed E-state index contributed by atoms with van der Waals surface area (Å²) >= 11 is 5.71. The summed E-state index contributed by atoms with van der Waals surface area (Å²) in [5.74, 6) is -0.422. The molecule has 0 aliphatic heterocycles. The predicted molar refractivity (Wildman–Crippen MR) is 65.5 cm³/mol. The number of benzene rings is 1. The summed E-state index contributed by atoms with van der Waals surface area (Å²) in [6, 6.07) is 5.25. The third kappa shape index (κ3) is 3.01. The number of hydrogen-bond acceptors (Lipinski definition) is 2. The molecule has 0 aliphatic rings. The van der Waals surface area contributed by atoms with Gasteiger partial charge in [-0.05, 0) is 24.6 Å². The van der Waals surface area contributed by atoms with Crippen molar-refractivity contribution in [2.75, 3.05) is 0 Å². The SMILES string of the molecule is Cc1cc(CCl)nc(Cc2ccc(F)cc2F)n1. The van der Waals surface area contributed by atoms with Crippen molar-refractivity contribution in [3.63, 3.8) is 0 Å². The van der Waals surface area contributed by atoms with E-state index in [0.717, 1.165) is 11.8 Å². The molecule has 0 amide bonds. The summed E-state index contributed by atoms with van der Waals surface area (Å²) in [7, 11) is 0. The molecule has 0 aliphatic carbocycles. The molecule has 0 N–H and O–H groups in total. The van der Waals surface area contributed by atoms with Gasteiger partial charge in [-0.15, -0.1) is 11.6 Å². The summed E-state index contributed by atoms with van der Waals surface area (Å²) in [6.45, 7) is 1.82. The van der Waals surface area contributed by atoms with Crippen molar-refractivity contribution in [3.05, 3.63) is 58.7 Å². The van der Waals surface area contributed by atoms with Gasteiger partial charge in [0.05, 0.1) is 11.6 Å². The second kappa shape index (κ2) is 5.40. The zero-order valence-electron chi connectivity index (χ0n) is 9.75. The van der Waals surface area contributed by atoms with Crippen LogP contribution in [0, 0.1) is 18.6 Å². The number of hydrogen-bond donors (Lipinski definition) is 0. The first-order valence-corrected chi connectivity index (χ1v) is 5.95.